The highest BCUT2D eigenvalue weighted by atomic mass is 32.2. The van der Waals surface area contributed by atoms with Gasteiger partial charge in [-0.25, -0.2) is 4.98 Å². The van der Waals surface area contributed by atoms with Crippen molar-refractivity contribution in [2.45, 2.75) is 33.6 Å². The number of aryl methyl sites for hydroxylation is 1. The number of hydrogen-bond donors (Lipinski definition) is 1. The minimum atomic E-state index is -0.300. The molecule has 33 heavy (non-hydrogen) atoms. The maximum Gasteiger partial charge on any atom is 0.267 e. The molecular weight excluding hydrogens is 458 g/mol. The van der Waals surface area contributed by atoms with Gasteiger partial charge in [0.1, 0.15) is 15.8 Å². The van der Waals surface area contributed by atoms with Gasteiger partial charge in [-0.05, 0) is 43.4 Å². The summed E-state index contributed by atoms with van der Waals surface area (Å²) in [7, 11) is 0. The number of hydrogen-bond acceptors (Lipinski definition) is 7. The van der Waals surface area contributed by atoms with Gasteiger partial charge in [0.05, 0.1) is 10.5 Å². The Hall–Kier alpha value is -2.72. The summed E-state index contributed by atoms with van der Waals surface area (Å²) >= 11 is 6.63. The Kier molecular flexibility index (Phi) is 6.58. The van der Waals surface area contributed by atoms with Gasteiger partial charge >= 0.3 is 0 Å². The minimum absolute atomic E-state index is 0.180. The van der Waals surface area contributed by atoms with Crippen LogP contribution in [0.3, 0.4) is 0 Å². The molecule has 2 aliphatic rings. The lowest BCUT2D eigenvalue weighted by Gasteiger charge is -2.32. The molecule has 4 heterocycles. The Morgan fingerprint density at radius 3 is 2.67 bits per heavy atom. The number of fused-ring (bicyclic) bond motifs is 1. The van der Waals surface area contributed by atoms with Crippen LogP contribution in [-0.4, -0.2) is 50.1 Å². The van der Waals surface area contributed by atoms with Gasteiger partial charge in [0.25, 0.3) is 11.5 Å². The number of aromatic nitrogens is 2. The Morgan fingerprint density at radius 2 is 2.03 bits per heavy atom. The van der Waals surface area contributed by atoms with E-state index in [0.29, 0.717) is 58.7 Å². The van der Waals surface area contributed by atoms with Crippen LogP contribution in [0, 0.1) is 18.8 Å². The van der Waals surface area contributed by atoms with E-state index in [0.717, 1.165) is 5.56 Å². The number of anilines is 1. The Balaban J connectivity index is 1.81. The Morgan fingerprint density at radius 1 is 1.33 bits per heavy atom. The highest BCUT2D eigenvalue weighted by molar-refractivity contribution is 8.26. The molecule has 10 heteroatoms. The average molecular weight is 486 g/mol. The van der Waals surface area contributed by atoms with Crippen LogP contribution in [0.25, 0.3) is 11.7 Å². The van der Waals surface area contributed by atoms with Gasteiger partial charge in [-0.2, -0.15) is 0 Å². The smallest absolute Gasteiger partial charge is 0.267 e. The summed E-state index contributed by atoms with van der Waals surface area (Å²) in [6.45, 7) is 7.59. The molecule has 2 saturated heterocycles. The second kappa shape index (κ2) is 9.26. The first-order valence-corrected chi connectivity index (χ1v) is 12.2. The third-order valence-electron chi connectivity index (χ3n) is 5.96. The molecule has 0 spiro atoms. The van der Waals surface area contributed by atoms with Crippen molar-refractivity contribution in [3.63, 3.8) is 0 Å². The normalized spacial score (nSPS) is 18.8. The molecule has 2 aromatic heterocycles. The van der Waals surface area contributed by atoms with Gasteiger partial charge in [0, 0.05) is 31.7 Å². The zero-order valence-electron chi connectivity index (χ0n) is 18.9. The van der Waals surface area contributed by atoms with E-state index in [1.54, 1.807) is 23.2 Å². The SMILES string of the molecule is Cc1cccn2c(=O)c(C=C3SC(=S)N(CC(C)C)C3=O)c(N3CCC(C(N)=O)CC3)nc12. The first-order valence-electron chi connectivity index (χ1n) is 11.0. The maximum atomic E-state index is 13.6. The number of nitrogens with zero attached hydrogens (tertiary/aromatic N) is 4. The zero-order chi connectivity index (χ0) is 23.9. The van der Waals surface area contributed by atoms with Gasteiger partial charge in [-0.15, -0.1) is 0 Å². The average Bonchev–Trinajstić information content (AvgIpc) is 3.03. The van der Waals surface area contributed by atoms with Gasteiger partial charge in [0.15, 0.2) is 0 Å². The van der Waals surface area contributed by atoms with Gasteiger partial charge in [-0.1, -0.05) is 43.9 Å². The molecule has 0 unspecified atom stereocenters. The first kappa shape index (κ1) is 23.4. The van der Waals surface area contributed by atoms with Crippen LogP contribution in [0.15, 0.2) is 28.0 Å². The van der Waals surface area contributed by atoms with Gasteiger partial charge in [-0.3, -0.25) is 23.7 Å². The molecule has 0 saturated carbocycles. The molecule has 2 aromatic rings. The van der Waals surface area contributed by atoms with E-state index < -0.39 is 0 Å². The van der Waals surface area contributed by atoms with Crippen molar-refractivity contribution in [3.8, 4) is 0 Å². The van der Waals surface area contributed by atoms with Crippen molar-refractivity contribution >= 4 is 57.7 Å². The number of thioether (sulfide) groups is 1. The molecule has 0 aromatic carbocycles. The number of rotatable bonds is 5. The first-order chi connectivity index (χ1) is 15.7. The molecule has 0 aliphatic carbocycles. The number of carbonyl (C=O) groups excluding carboxylic acids is 2. The van der Waals surface area contributed by atoms with E-state index in [2.05, 4.69) is 0 Å². The summed E-state index contributed by atoms with van der Waals surface area (Å²) < 4.78 is 2.00. The third kappa shape index (κ3) is 4.54. The highest BCUT2D eigenvalue weighted by Gasteiger charge is 2.33. The Bertz CT molecular complexity index is 1230. The van der Waals surface area contributed by atoms with E-state index in [4.69, 9.17) is 22.9 Å². The molecule has 0 atom stereocenters. The Labute approximate surface area is 201 Å². The fourth-order valence-corrected chi connectivity index (χ4v) is 5.45. The largest absolute Gasteiger partial charge is 0.369 e. The van der Waals surface area contributed by atoms with Crippen molar-refractivity contribution in [1.82, 2.24) is 14.3 Å². The molecule has 2 aliphatic heterocycles. The maximum absolute atomic E-state index is 13.6. The molecule has 4 rings (SSSR count). The van der Waals surface area contributed by atoms with Gasteiger partial charge < -0.3 is 10.6 Å². The predicted molar refractivity (Wildman–Crippen MR) is 135 cm³/mol. The molecule has 2 amide bonds. The number of amides is 2. The van der Waals surface area contributed by atoms with Crippen LogP contribution in [0.4, 0.5) is 5.82 Å². The lowest BCUT2D eigenvalue weighted by atomic mass is 9.96. The van der Waals surface area contributed by atoms with Crippen LogP contribution in [0.2, 0.25) is 0 Å². The third-order valence-corrected chi connectivity index (χ3v) is 7.34. The fourth-order valence-electron chi connectivity index (χ4n) is 4.20. The minimum Gasteiger partial charge on any atom is -0.369 e. The van der Waals surface area contributed by atoms with Crippen LogP contribution < -0.4 is 16.2 Å². The van der Waals surface area contributed by atoms with E-state index in [1.165, 1.54) is 16.2 Å². The highest BCUT2D eigenvalue weighted by Crippen LogP contribution is 2.34. The van der Waals surface area contributed by atoms with Gasteiger partial charge in [0.2, 0.25) is 5.91 Å². The van der Waals surface area contributed by atoms with E-state index >= 15 is 0 Å². The quantitative estimate of drug-likeness (QED) is 0.513. The van der Waals surface area contributed by atoms with Crippen molar-refractivity contribution in [2.75, 3.05) is 24.5 Å². The zero-order valence-corrected chi connectivity index (χ0v) is 20.5. The summed E-state index contributed by atoms with van der Waals surface area (Å²) in [5, 5.41) is 0. The second-order valence-corrected chi connectivity index (χ2v) is 10.6. The molecule has 8 nitrogen and oxygen atoms in total. The second-order valence-electron chi connectivity index (χ2n) is 8.89. The van der Waals surface area contributed by atoms with Crippen molar-refractivity contribution in [2.24, 2.45) is 17.6 Å². The van der Waals surface area contributed by atoms with Crippen molar-refractivity contribution in [1.29, 1.82) is 0 Å². The lowest BCUT2D eigenvalue weighted by molar-refractivity contribution is -0.123. The summed E-state index contributed by atoms with van der Waals surface area (Å²) in [6.07, 6.45) is 4.50. The van der Waals surface area contributed by atoms with Crippen LogP contribution in [-0.2, 0) is 9.59 Å². The fraction of sp³-hybridized carbons (Fsp3) is 0.435. The summed E-state index contributed by atoms with van der Waals surface area (Å²) in [5.74, 6) is 0.119. The van der Waals surface area contributed by atoms with E-state index in [1.807, 2.05) is 31.7 Å². The number of primary amides is 1. The summed E-state index contributed by atoms with van der Waals surface area (Å²) in [4.78, 5) is 47.1. The van der Waals surface area contributed by atoms with Crippen molar-refractivity contribution in [3.05, 3.63) is 44.7 Å². The number of carbonyl (C=O) groups is 2. The van der Waals surface area contributed by atoms with Crippen molar-refractivity contribution < 1.29 is 9.59 Å². The molecule has 2 N–H and O–H groups in total. The number of piperidine rings is 1. The van der Waals surface area contributed by atoms with E-state index in [9.17, 15) is 14.4 Å². The van der Waals surface area contributed by atoms with Crippen LogP contribution >= 0.6 is 24.0 Å². The van der Waals surface area contributed by atoms with Crippen LogP contribution in [0.1, 0.15) is 37.8 Å². The molecular formula is C23H27N5O3S2. The summed E-state index contributed by atoms with van der Waals surface area (Å²) in [5.41, 5.74) is 7.03. The summed E-state index contributed by atoms with van der Waals surface area (Å²) in [6, 6.07) is 3.71. The van der Waals surface area contributed by atoms with E-state index in [-0.39, 0.29) is 29.2 Å². The lowest BCUT2D eigenvalue weighted by Crippen LogP contribution is -2.40. The number of nitrogens with two attached hydrogens (primary N) is 1. The number of pyridine rings is 1. The molecule has 2 fully saturated rings. The molecule has 0 radical (unpaired) electrons. The standard InChI is InChI=1S/C23H27N5O3S2/c1-13(2)12-28-22(31)17(33-23(28)32)11-16-20(26-9-6-15(7-10-26)18(24)29)25-19-14(3)5-4-8-27(19)21(16)30/h4-5,8,11,13,15H,6-7,9-10,12H2,1-3H3,(H2,24,29). The number of thiocarbonyl (C=S) groups is 1. The topological polar surface area (TPSA) is 101 Å². The monoisotopic (exact) mass is 485 g/mol. The van der Waals surface area contributed by atoms with Crippen LogP contribution in [0.5, 0.6) is 0 Å². The molecule has 0 bridgehead atoms. The molecule has 174 valence electrons. The predicted octanol–water partition coefficient (Wildman–Crippen LogP) is 2.56.